The first-order valence-corrected chi connectivity index (χ1v) is 8.63. The largest absolute Gasteiger partial charge is 0.394 e. The van der Waals surface area contributed by atoms with Crippen molar-refractivity contribution in [1.82, 2.24) is 15.5 Å². The molecule has 0 radical (unpaired) electrons. The number of benzene rings is 2. The van der Waals surface area contributed by atoms with Crippen LogP contribution in [0.4, 0.5) is 4.39 Å². The quantitative estimate of drug-likeness (QED) is 0.633. The number of H-pyrrole nitrogens is 1. The molecule has 0 spiro atoms. The topological polar surface area (TPSA) is 78.0 Å². The zero-order valence-corrected chi connectivity index (χ0v) is 14.8. The molecule has 5 nitrogen and oxygen atoms in total. The number of nitrogens with one attached hydrogen (secondary N) is 2. The Bertz CT molecular complexity index is 920. The highest BCUT2D eigenvalue weighted by Gasteiger charge is 2.16. The van der Waals surface area contributed by atoms with Gasteiger partial charge < -0.3 is 10.4 Å². The van der Waals surface area contributed by atoms with E-state index in [9.17, 15) is 14.3 Å². The van der Waals surface area contributed by atoms with Crippen molar-refractivity contribution < 1.29 is 14.3 Å². The summed E-state index contributed by atoms with van der Waals surface area (Å²) in [5, 5.41) is 20.2. The van der Waals surface area contributed by atoms with Crippen LogP contribution in [0.5, 0.6) is 0 Å². The lowest BCUT2D eigenvalue weighted by atomic mass is 10.0. The van der Waals surface area contributed by atoms with E-state index < -0.39 is 0 Å². The van der Waals surface area contributed by atoms with E-state index in [1.54, 1.807) is 30.3 Å². The van der Waals surface area contributed by atoms with Crippen LogP contribution in [-0.4, -0.2) is 33.9 Å². The number of aromatic amines is 1. The predicted molar refractivity (Wildman–Crippen MR) is 99.3 cm³/mol. The van der Waals surface area contributed by atoms with Gasteiger partial charge in [-0.15, -0.1) is 0 Å². The van der Waals surface area contributed by atoms with Crippen molar-refractivity contribution in [1.29, 1.82) is 0 Å². The van der Waals surface area contributed by atoms with Crippen LogP contribution in [0.25, 0.3) is 22.2 Å². The van der Waals surface area contributed by atoms with Crippen molar-refractivity contribution in [2.75, 3.05) is 6.61 Å². The maximum Gasteiger partial charge on any atom is 0.251 e. The van der Waals surface area contributed by atoms with Crippen molar-refractivity contribution in [2.24, 2.45) is 5.92 Å². The first-order chi connectivity index (χ1) is 12.5. The summed E-state index contributed by atoms with van der Waals surface area (Å²) in [4.78, 5) is 12.6. The van der Waals surface area contributed by atoms with E-state index >= 15 is 0 Å². The standard InChI is InChI=1S/C20H22FN3O2/c1-12(2)8-16(11-25)22-20(26)14-6-7-18-17(10-14)19(24-23-18)13-4-3-5-15(21)9-13/h3-7,9-10,12,16,25H,8,11H2,1-2H3,(H,22,26)(H,23,24)/t16-/m0/s1. The summed E-state index contributed by atoms with van der Waals surface area (Å²) >= 11 is 0. The van der Waals surface area contributed by atoms with Crippen molar-refractivity contribution in [3.05, 3.63) is 53.8 Å². The second-order valence-corrected chi connectivity index (χ2v) is 6.83. The lowest BCUT2D eigenvalue weighted by molar-refractivity contribution is 0.0908. The van der Waals surface area contributed by atoms with E-state index in [1.807, 2.05) is 13.8 Å². The second kappa shape index (κ2) is 7.66. The Morgan fingerprint density at radius 1 is 1.27 bits per heavy atom. The van der Waals surface area contributed by atoms with Crippen molar-refractivity contribution in [2.45, 2.75) is 26.3 Å². The number of carbonyl (C=O) groups excluding carboxylic acids is 1. The number of rotatable bonds is 6. The van der Waals surface area contributed by atoms with Gasteiger partial charge in [0.1, 0.15) is 11.5 Å². The molecular weight excluding hydrogens is 333 g/mol. The molecule has 6 heteroatoms. The number of hydrogen-bond donors (Lipinski definition) is 3. The van der Waals surface area contributed by atoms with Crippen LogP contribution in [0.15, 0.2) is 42.5 Å². The highest BCUT2D eigenvalue weighted by molar-refractivity contribution is 6.01. The van der Waals surface area contributed by atoms with E-state index in [-0.39, 0.29) is 24.4 Å². The number of amides is 1. The Morgan fingerprint density at radius 2 is 2.08 bits per heavy atom. The van der Waals surface area contributed by atoms with Gasteiger partial charge in [0.25, 0.3) is 5.91 Å². The molecule has 0 saturated carbocycles. The Balaban J connectivity index is 1.91. The summed E-state index contributed by atoms with van der Waals surface area (Å²) in [6.45, 7) is 3.97. The number of aromatic nitrogens is 2. The lowest BCUT2D eigenvalue weighted by Gasteiger charge is -2.18. The minimum atomic E-state index is -0.341. The smallest absolute Gasteiger partial charge is 0.251 e. The number of halogens is 1. The van der Waals surface area contributed by atoms with Crippen LogP contribution in [0.3, 0.4) is 0 Å². The second-order valence-electron chi connectivity index (χ2n) is 6.83. The molecular formula is C20H22FN3O2. The van der Waals surface area contributed by atoms with Crippen LogP contribution in [0, 0.1) is 11.7 Å². The molecule has 1 aromatic heterocycles. The molecule has 0 aliphatic heterocycles. The molecule has 2 aromatic carbocycles. The summed E-state index contributed by atoms with van der Waals surface area (Å²) in [5.41, 5.74) is 2.47. The predicted octanol–water partition coefficient (Wildman–Crippen LogP) is 3.51. The fraction of sp³-hybridized carbons (Fsp3) is 0.300. The molecule has 0 aliphatic carbocycles. The van der Waals surface area contributed by atoms with E-state index in [2.05, 4.69) is 15.5 Å². The normalized spacial score (nSPS) is 12.5. The molecule has 136 valence electrons. The lowest BCUT2D eigenvalue weighted by Crippen LogP contribution is -2.38. The van der Waals surface area contributed by atoms with E-state index in [1.165, 1.54) is 12.1 Å². The van der Waals surface area contributed by atoms with E-state index in [0.29, 0.717) is 29.2 Å². The van der Waals surface area contributed by atoms with Crippen LogP contribution in [-0.2, 0) is 0 Å². The van der Waals surface area contributed by atoms with Crippen LogP contribution >= 0.6 is 0 Å². The maximum absolute atomic E-state index is 13.5. The molecule has 1 amide bonds. The summed E-state index contributed by atoms with van der Waals surface area (Å²) in [7, 11) is 0. The molecule has 0 unspecified atom stereocenters. The SMILES string of the molecule is CC(C)C[C@@H](CO)NC(=O)c1ccc2[nH]nc(-c3cccc(F)c3)c2c1. The maximum atomic E-state index is 13.5. The first-order valence-electron chi connectivity index (χ1n) is 8.63. The fourth-order valence-electron chi connectivity index (χ4n) is 3.03. The van der Waals surface area contributed by atoms with Gasteiger partial charge in [0.15, 0.2) is 0 Å². The number of hydrogen-bond acceptors (Lipinski definition) is 3. The van der Waals surface area contributed by atoms with Crippen LogP contribution in [0.2, 0.25) is 0 Å². The first kappa shape index (κ1) is 18.1. The van der Waals surface area contributed by atoms with E-state index in [4.69, 9.17) is 0 Å². The Kier molecular flexibility index (Phi) is 5.32. The Hall–Kier alpha value is -2.73. The van der Waals surface area contributed by atoms with Crippen molar-refractivity contribution >= 4 is 16.8 Å². The van der Waals surface area contributed by atoms with Gasteiger partial charge in [-0.2, -0.15) is 5.10 Å². The molecule has 0 saturated heterocycles. The summed E-state index contributed by atoms with van der Waals surface area (Å²) in [5.74, 6) is -0.228. The monoisotopic (exact) mass is 355 g/mol. The van der Waals surface area contributed by atoms with Gasteiger partial charge in [0, 0.05) is 16.5 Å². The minimum Gasteiger partial charge on any atom is -0.394 e. The number of nitrogens with zero attached hydrogens (tertiary/aromatic N) is 1. The van der Waals surface area contributed by atoms with Gasteiger partial charge >= 0.3 is 0 Å². The zero-order valence-electron chi connectivity index (χ0n) is 14.8. The molecule has 3 rings (SSSR count). The Labute approximate surface area is 151 Å². The molecule has 3 aromatic rings. The number of aliphatic hydroxyl groups is 1. The summed E-state index contributed by atoms with van der Waals surface area (Å²) in [6.07, 6.45) is 0.699. The highest BCUT2D eigenvalue weighted by atomic mass is 19.1. The zero-order chi connectivity index (χ0) is 18.7. The molecule has 0 fully saturated rings. The molecule has 1 atom stereocenters. The fourth-order valence-corrected chi connectivity index (χ4v) is 3.03. The third kappa shape index (κ3) is 3.91. The van der Waals surface area contributed by atoms with Gasteiger partial charge in [-0.05, 0) is 42.7 Å². The highest BCUT2D eigenvalue weighted by Crippen LogP contribution is 2.27. The van der Waals surface area contributed by atoms with Gasteiger partial charge in [-0.1, -0.05) is 26.0 Å². The summed E-state index contributed by atoms with van der Waals surface area (Å²) in [6, 6.07) is 11.1. The molecule has 0 aliphatic rings. The average molecular weight is 355 g/mol. The number of fused-ring (bicyclic) bond motifs is 1. The Morgan fingerprint density at radius 3 is 2.77 bits per heavy atom. The third-order valence-electron chi connectivity index (χ3n) is 4.23. The van der Waals surface area contributed by atoms with Crippen molar-refractivity contribution in [3.8, 4) is 11.3 Å². The molecule has 26 heavy (non-hydrogen) atoms. The van der Waals surface area contributed by atoms with Gasteiger partial charge in [-0.3, -0.25) is 9.89 Å². The molecule has 1 heterocycles. The third-order valence-corrected chi connectivity index (χ3v) is 4.23. The molecule has 0 bridgehead atoms. The van der Waals surface area contributed by atoms with Crippen LogP contribution < -0.4 is 5.32 Å². The van der Waals surface area contributed by atoms with E-state index in [0.717, 1.165) is 10.9 Å². The average Bonchev–Trinajstić information content (AvgIpc) is 3.03. The van der Waals surface area contributed by atoms with Crippen molar-refractivity contribution in [3.63, 3.8) is 0 Å². The number of carbonyl (C=O) groups is 1. The molecule has 3 N–H and O–H groups in total. The summed E-state index contributed by atoms with van der Waals surface area (Å²) < 4.78 is 13.5. The van der Waals surface area contributed by atoms with Gasteiger partial charge in [0.05, 0.1) is 18.2 Å². The van der Waals surface area contributed by atoms with Crippen LogP contribution in [0.1, 0.15) is 30.6 Å². The van der Waals surface area contributed by atoms with Gasteiger partial charge in [0.2, 0.25) is 0 Å². The number of aliphatic hydroxyl groups excluding tert-OH is 1. The minimum absolute atomic E-state index is 0.105. The van der Waals surface area contributed by atoms with Gasteiger partial charge in [-0.25, -0.2) is 4.39 Å².